The van der Waals surface area contributed by atoms with Crippen molar-refractivity contribution in [1.29, 1.82) is 0 Å². The van der Waals surface area contributed by atoms with Gasteiger partial charge in [0.2, 0.25) is 0 Å². The standard InChI is InChI=1S/C27H31N7O3S/c1-27(2,26(35)34-7-9-36-10-8-34)37-22-12-17(18-14-31-33(4)15-18)11-21-24(22)25(30-16-29-21)32-19-5-6-20(28-3)23(38)13-19/h5-6,11-16,28,38H,7-10H2,1-4H3,(H,29,30,32). The van der Waals surface area contributed by atoms with E-state index >= 15 is 0 Å². The number of rotatable bonds is 7. The smallest absolute Gasteiger partial charge is 0.266 e. The summed E-state index contributed by atoms with van der Waals surface area (Å²) in [5, 5.41) is 11.5. The molecule has 0 aliphatic carbocycles. The maximum atomic E-state index is 13.5. The van der Waals surface area contributed by atoms with Gasteiger partial charge in [-0.25, -0.2) is 9.97 Å². The molecule has 2 N–H and O–H groups in total. The number of aromatic nitrogens is 4. The zero-order valence-corrected chi connectivity index (χ0v) is 22.7. The first kappa shape index (κ1) is 25.8. The molecule has 0 spiro atoms. The van der Waals surface area contributed by atoms with Crippen molar-refractivity contribution in [2.75, 3.05) is 44.0 Å². The molecule has 5 rings (SSSR count). The highest BCUT2D eigenvalue weighted by atomic mass is 32.1. The van der Waals surface area contributed by atoms with Crippen molar-refractivity contribution in [3.05, 3.63) is 49.1 Å². The monoisotopic (exact) mass is 533 g/mol. The fraction of sp³-hybridized carbons (Fsp3) is 0.333. The molecule has 4 aromatic rings. The first-order chi connectivity index (χ1) is 18.2. The van der Waals surface area contributed by atoms with Crippen LogP contribution < -0.4 is 15.4 Å². The molecular formula is C27H31N7O3S. The summed E-state index contributed by atoms with van der Waals surface area (Å²) in [5.74, 6) is 0.950. The van der Waals surface area contributed by atoms with Crippen LogP contribution >= 0.6 is 12.6 Å². The quantitative estimate of drug-likeness (QED) is 0.305. The maximum Gasteiger partial charge on any atom is 0.266 e. The number of benzene rings is 2. The molecular weight excluding hydrogens is 502 g/mol. The van der Waals surface area contributed by atoms with E-state index in [0.717, 1.165) is 27.4 Å². The molecule has 38 heavy (non-hydrogen) atoms. The van der Waals surface area contributed by atoms with Crippen molar-refractivity contribution < 1.29 is 14.3 Å². The van der Waals surface area contributed by atoms with Crippen LogP contribution in [0.25, 0.3) is 22.0 Å². The normalized spacial score (nSPS) is 14.0. The summed E-state index contributed by atoms with van der Waals surface area (Å²) in [4.78, 5) is 25.1. The van der Waals surface area contributed by atoms with Gasteiger partial charge in [-0.05, 0) is 49.7 Å². The number of aryl methyl sites for hydroxylation is 1. The van der Waals surface area contributed by atoms with Crippen LogP contribution in [0.15, 0.2) is 53.9 Å². The van der Waals surface area contributed by atoms with Crippen molar-refractivity contribution in [2.24, 2.45) is 7.05 Å². The third-order valence-corrected chi connectivity index (χ3v) is 6.82. The third-order valence-electron chi connectivity index (χ3n) is 6.45. The van der Waals surface area contributed by atoms with E-state index in [1.54, 1.807) is 29.6 Å². The number of ether oxygens (including phenoxy) is 2. The van der Waals surface area contributed by atoms with E-state index < -0.39 is 5.60 Å². The number of morpholine rings is 1. The van der Waals surface area contributed by atoms with Gasteiger partial charge in [-0.15, -0.1) is 12.6 Å². The Morgan fingerprint density at radius 2 is 1.92 bits per heavy atom. The fourth-order valence-electron chi connectivity index (χ4n) is 4.49. The Bertz CT molecular complexity index is 1480. The molecule has 1 amide bonds. The molecule has 1 aliphatic heterocycles. The molecule has 0 atom stereocenters. The van der Waals surface area contributed by atoms with Gasteiger partial charge in [0.1, 0.15) is 17.9 Å². The van der Waals surface area contributed by atoms with Gasteiger partial charge in [0, 0.05) is 55.2 Å². The van der Waals surface area contributed by atoms with Gasteiger partial charge in [-0.3, -0.25) is 9.48 Å². The van der Waals surface area contributed by atoms with Crippen LogP contribution in [0.3, 0.4) is 0 Å². The van der Waals surface area contributed by atoms with E-state index in [1.807, 2.05) is 50.6 Å². The SMILES string of the molecule is CNc1ccc(Nc2ncnc3cc(-c4cnn(C)c4)cc(OC(C)(C)C(=O)N4CCOCC4)c23)cc1S. The number of anilines is 3. The molecule has 0 bridgehead atoms. The molecule has 1 saturated heterocycles. The van der Waals surface area contributed by atoms with E-state index in [0.29, 0.717) is 48.8 Å². The second kappa shape index (κ2) is 10.5. The van der Waals surface area contributed by atoms with Gasteiger partial charge in [0.25, 0.3) is 5.91 Å². The second-order valence-corrected chi connectivity index (χ2v) is 10.1. The number of fused-ring (bicyclic) bond motifs is 1. The number of amides is 1. The van der Waals surface area contributed by atoms with Crippen LogP contribution in [0, 0.1) is 0 Å². The number of thiol groups is 1. The van der Waals surface area contributed by atoms with Gasteiger partial charge in [0.05, 0.1) is 30.3 Å². The Hall–Kier alpha value is -3.83. The topological polar surface area (TPSA) is 106 Å². The molecule has 1 fully saturated rings. The van der Waals surface area contributed by atoms with Gasteiger partial charge >= 0.3 is 0 Å². The summed E-state index contributed by atoms with van der Waals surface area (Å²) in [6.45, 7) is 5.67. The van der Waals surface area contributed by atoms with E-state index in [9.17, 15) is 4.79 Å². The van der Waals surface area contributed by atoms with Crippen LogP contribution in [0.1, 0.15) is 13.8 Å². The average Bonchev–Trinajstić information content (AvgIpc) is 3.35. The first-order valence-corrected chi connectivity index (χ1v) is 12.8. The molecule has 2 aromatic carbocycles. The minimum Gasteiger partial charge on any atom is -0.477 e. The summed E-state index contributed by atoms with van der Waals surface area (Å²) in [6, 6.07) is 9.68. The molecule has 3 heterocycles. The lowest BCUT2D eigenvalue weighted by Crippen LogP contribution is -2.52. The van der Waals surface area contributed by atoms with E-state index in [-0.39, 0.29) is 5.91 Å². The second-order valence-electron chi connectivity index (χ2n) is 9.62. The molecule has 11 heteroatoms. The lowest BCUT2D eigenvalue weighted by atomic mass is 10.0. The Labute approximate surface area is 226 Å². The zero-order chi connectivity index (χ0) is 26.9. The Kier molecular flexibility index (Phi) is 7.13. The lowest BCUT2D eigenvalue weighted by Gasteiger charge is -2.34. The molecule has 2 aromatic heterocycles. The van der Waals surface area contributed by atoms with Gasteiger partial charge in [-0.1, -0.05) is 0 Å². The van der Waals surface area contributed by atoms with Crippen molar-refractivity contribution in [3.63, 3.8) is 0 Å². The number of carbonyl (C=O) groups is 1. The number of hydrogen-bond donors (Lipinski definition) is 3. The average molecular weight is 534 g/mol. The molecule has 0 radical (unpaired) electrons. The van der Waals surface area contributed by atoms with E-state index in [2.05, 4.69) is 38.3 Å². The Balaban J connectivity index is 1.59. The molecule has 1 aliphatic rings. The van der Waals surface area contributed by atoms with E-state index in [1.165, 1.54) is 6.33 Å². The van der Waals surface area contributed by atoms with Crippen molar-refractivity contribution >= 4 is 46.6 Å². The number of carbonyl (C=O) groups excluding carboxylic acids is 1. The highest BCUT2D eigenvalue weighted by molar-refractivity contribution is 7.80. The summed E-state index contributed by atoms with van der Waals surface area (Å²) < 4.78 is 13.7. The molecule has 0 saturated carbocycles. The number of hydrogen-bond acceptors (Lipinski definition) is 9. The largest absolute Gasteiger partial charge is 0.477 e. The van der Waals surface area contributed by atoms with Gasteiger partial charge < -0.3 is 25.0 Å². The third kappa shape index (κ3) is 5.25. The van der Waals surface area contributed by atoms with Crippen molar-refractivity contribution in [1.82, 2.24) is 24.6 Å². The van der Waals surface area contributed by atoms with Crippen LogP contribution in [0.5, 0.6) is 5.75 Å². The highest BCUT2D eigenvalue weighted by Crippen LogP contribution is 2.38. The first-order valence-electron chi connectivity index (χ1n) is 12.4. The zero-order valence-electron chi connectivity index (χ0n) is 21.9. The summed E-state index contributed by atoms with van der Waals surface area (Å²) in [7, 11) is 3.72. The Morgan fingerprint density at radius 1 is 1.13 bits per heavy atom. The highest BCUT2D eigenvalue weighted by Gasteiger charge is 2.36. The fourth-order valence-corrected chi connectivity index (χ4v) is 4.81. The minimum atomic E-state index is -1.14. The predicted molar refractivity (Wildman–Crippen MR) is 150 cm³/mol. The van der Waals surface area contributed by atoms with Gasteiger partial charge in [0.15, 0.2) is 5.60 Å². The van der Waals surface area contributed by atoms with E-state index in [4.69, 9.17) is 9.47 Å². The minimum absolute atomic E-state index is 0.102. The van der Waals surface area contributed by atoms with Crippen molar-refractivity contribution in [3.8, 4) is 16.9 Å². The molecule has 0 unspecified atom stereocenters. The van der Waals surface area contributed by atoms with Crippen LogP contribution in [0.4, 0.5) is 17.2 Å². The van der Waals surface area contributed by atoms with Crippen LogP contribution in [-0.4, -0.2) is 69.5 Å². The van der Waals surface area contributed by atoms with Gasteiger partial charge in [-0.2, -0.15) is 5.10 Å². The Morgan fingerprint density at radius 3 is 2.61 bits per heavy atom. The molecule has 10 nitrogen and oxygen atoms in total. The predicted octanol–water partition coefficient (Wildman–Crippen LogP) is 4.12. The van der Waals surface area contributed by atoms with Crippen LogP contribution in [0.2, 0.25) is 0 Å². The maximum absolute atomic E-state index is 13.5. The summed E-state index contributed by atoms with van der Waals surface area (Å²) in [6.07, 6.45) is 5.22. The summed E-state index contributed by atoms with van der Waals surface area (Å²) >= 11 is 4.57. The van der Waals surface area contributed by atoms with Crippen LogP contribution in [-0.2, 0) is 16.6 Å². The lowest BCUT2D eigenvalue weighted by molar-refractivity contribution is -0.149. The molecule has 198 valence electrons. The number of nitrogens with zero attached hydrogens (tertiary/aromatic N) is 5. The number of nitrogens with one attached hydrogen (secondary N) is 2. The van der Waals surface area contributed by atoms with Crippen molar-refractivity contribution in [2.45, 2.75) is 24.3 Å². The summed E-state index contributed by atoms with van der Waals surface area (Å²) in [5.41, 5.74) is 3.03.